The molecule has 1 aliphatic rings. The fraction of sp³-hybridized carbons (Fsp3) is 0.0870. The summed E-state index contributed by atoms with van der Waals surface area (Å²) < 4.78 is 5.21. The molecule has 4 rings (SSSR count). The summed E-state index contributed by atoms with van der Waals surface area (Å²) in [6.45, 7) is 0. The first-order valence-corrected chi connectivity index (χ1v) is 8.60. The highest BCUT2D eigenvalue weighted by atomic mass is 16.5. The van der Waals surface area contributed by atoms with Crippen LogP contribution in [-0.4, -0.2) is 24.8 Å². The van der Waals surface area contributed by atoms with Crippen molar-refractivity contribution in [1.82, 2.24) is 0 Å². The van der Waals surface area contributed by atoms with Gasteiger partial charge in [0.25, 0.3) is 6.29 Å². The smallest absolute Gasteiger partial charge is 0.257 e. The molecule has 0 saturated heterocycles. The van der Waals surface area contributed by atoms with E-state index in [9.17, 15) is 4.79 Å². The van der Waals surface area contributed by atoms with Crippen LogP contribution in [0.25, 0.3) is 0 Å². The van der Waals surface area contributed by atoms with Crippen molar-refractivity contribution in [1.29, 1.82) is 0 Å². The van der Waals surface area contributed by atoms with E-state index < -0.39 is 5.66 Å². The molecule has 1 radical (unpaired) electrons. The Bertz CT molecular complexity index is 952. The lowest BCUT2D eigenvalue weighted by atomic mass is 10.0. The minimum Gasteiger partial charge on any atom is -0.497 e. The Balaban J connectivity index is 1.90. The predicted molar refractivity (Wildman–Crippen MR) is 106 cm³/mol. The summed E-state index contributed by atoms with van der Waals surface area (Å²) in [5, 5.41) is 0. The largest absolute Gasteiger partial charge is 0.497 e. The van der Waals surface area contributed by atoms with Gasteiger partial charge in [-0.05, 0) is 12.1 Å². The van der Waals surface area contributed by atoms with Crippen LogP contribution in [-0.2, 0) is 10.5 Å². The van der Waals surface area contributed by atoms with Gasteiger partial charge in [-0.3, -0.25) is 4.79 Å². The van der Waals surface area contributed by atoms with Crippen LogP contribution in [0, 0.1) is 0 Å². The molecule has 3 aromatic carbocycles. The van der Waals surface area contributed by atoms with Crippen LogP contribution in [0.3, 0.4) is 0 Å². The zero-order valence-electron chi connectivity index (χ0n) is 14.8. The van der Waals surface area contributed by atoms with Crippen LogP contribution in [0.2, 0.25) is 0 Å². The van der Waals surface area contributed by atoms with Crippen LogP contribution in [0.15, 0.2) is 94.9 Å². The Labute approximate surface area is 157 Å². The van der Waals surface area contributed by atoms with E-state index in [-0.39, 0.29) is 0 Å². The molecule has 1 heterocycles. The molecule has 4 nitrogen and oxygen atoms in total. The molecule has 0 bridgehead atoms. The maximum absolute atomic E-state index is 12.1. The van der Waals surface area contributed by atoms with Gasteiger partial charge in [0.1, 0.15) is 5.75 Å². The van der Waals surface area contributed by atoms with E-state index in [1.807, 2.05) is 60.7 Å². The number of methoxy groups -OCH3 is 1. The molecular weight excluding hydrogens is 336 g/mol. The van der Waals surface area contributed by atoms with Gasteiger partial charge in [-0.2, -0.15) is 0 Å². The van der Waals surface area contributed by atoms with Crippen LogP contribution >= 0.6 is 0 Å². The molecular formula is C23H17N2O2. The number of hydrogen-bond acceptors (Lipinski definition) is 4. The summed E-state index contributed by atoms with van der Waals surface area (Å²) in [5.41, 5.74) is 2.42. The van der Waals surface area contributed by atoms with E-state index in [0.717, 1.165) is 11.1 Å². The van der Waals surface area contributed by atoms with E-state index in [4.69, 9.17) is 14.7 Å². The highest BCUT2D eigenvalue weighted by molar-refractivity contribution is 6.54. The zero-order valence-corrected chi connectivity index (χ0v) is 14.8. The summed E-state index contributed by atoms with van der Waals surface area (Å²) in [6.07, 6.45) is 2.06. The molecule has 131 valence electrons. The number of hydrogen-bond donors (Lipinski definition) is 0. The minimum absolute atomic E-state index is 0.651. The zero-order chi connectivity index (χ0) is 18.7. The van der Waals surface area contributed by atoms with Gasteiger partial charge in [0, 0.05) is 16.7 Å². The Morgan fingerprint density at radius 2 is 1.22 bits per heavy atom. The molecule has 0 fully saturated rings. The van der Waals surface area contributed by atoms with Crippen molar-refractivity contribution in [3.63, 3.8) is 0 Å². The molecule has 0 saturated carbocycles. The van der Waals surface area contributed by atoms with Crippen molar-refractivity contribution in [2.45, 2.75) is 5.66 Å². The molecule has 1 aliphatic heterocycles. The average molecular weight is 353 g/mol. The molecule has 0 amide bonds. The van der Waals surface area contributed by atoms with Crippen LogP contribution < -0.4 is 4.74 Å². The van der Waals surface area contributed by atoms with Crippen LogP contribution in [0.4, 0.5) is 0 Å². The van der Waals surface area contributed by atoms with Gasteiger partial charge in [-0.1, -0.05) is 72.8 Å². The van der Waals surface area contributed by atoms with Crippen molar-refractivity contribution in [3.05, 3.63) is 102 Å². The van der Waals surface area contributed by atoms with Gasteiger partial charge < -0.3 is 4.74 Å². The van der Waals surface area contributed by atoms with E-state index in [2.05, 4.69) is 6.29 Å². The lowest BCUT2D eigenvalue weighted by Gasteiger charge is -2.15. The second-order valence-electron chi connectivity index (χ2n) is 6.16. The normalized spacial score (nSPS) is 15.0. The van der Waals surface area contributed by atoms with Gasteiger partial charge in [0.05, 0.1) is 18.5 Å². The molecule has 0 unspecified atom stereocenters. The third-order valence-corrected chi connectivity index (χ3v) is 4.50. The topological polar surface area (TPSA) is 51.0 Å². The molecule has 0 atom stereocenters. The summed E-state index contributed by atoms with van der Waals surface area (Å²) in [7, 11) is 1.60. The SMILES string of the molecule is COc1ccc(C2([C]=O)N=C(c3ccccc3)C(c3ccccc3)=N2)cc1. The highest BCUT2D eigenvalue weighted by Gasteiger charge is 2.39. The molecule has 0 aromatic heterocycles. The van der Waals surface area contributed by atoms with E-state index in [0.29, 0.717) is 22.7 Å². The van der Waals surface area contributed by atoms with Crippen molar-refractivity contribution < 1.29 is 9.53 Å². The number of ether oxygens (including phenoxy) is 1. The fourth-order valence-electron chi connectivity index (χ4n) is 3.11. The molecule has 0 spiro atoms. The predicted octanol–water partition coefficient (Wildman–Crippen LogP) is 3.95. The third kappa shape index (κ3) is 3.06. The lowest BCUT2D eigenvalue weighted by molar-refractivity contribution is 0.414. The number of carbonyl (C=O) groups excluding carboxylic acids is 1. The quantitative estimate of drug-likeness (QED) is 0.697. The van der Waals surface area contributed by atoms with Crippen molar-refractivity contribution in [2.75, 3.05) is 7.11 Å². The highest BCUT2D eigenvalue weighted by Crippen LogP contribution is 2.34. The second-order valence-corrected chi connectivity index (χ2v) is 6.16. The standard InChI is InChI=1S/C23H17N2O2/c1-27-20-14-12-19(13-15-20)23(16-26)24-21(17-8-4-2-5-9-17)22(25-23)18-10-6-3-7-11-18/h2-15H,1H3. The molecule has 0 aliphatic carbocycles. The Morgan fingerprint density at radius 3 is 1.63 bits per heavy atom. The number of benzene rings is 3. The summed E-state index contributed by atoms with van der Waals surface area (Å²) in [6, 6.07) is 26.7. The lowest BCUT2D eigenvalue weighted by Crippen LogP contribution is -2.21. The Hall–Kier alpha value is -3.53. The third-order valence-electron chi connectivity index (χ3n) is 4.50. The molecule has 3 aromatic rings. The van der Waals surface area contributed by atoms with Gasteiger partial charge in [0.2, 0.25) is 5.66 Å². The second kappa shape index (κ2) is 7.00. The maximum Gasteiger partial charge on any atom is 0.257 e. The first kappa shape index (κ1) is 16.9. The minimum atomic E-state index is -1.41. The first-order chi connectivity index (χ1) is 13.3. The first-order valence-electron chi connectivity index (χ1n) is 8.60. The van der Waals surface area contributed by atoms with E-state index in [1.54, 1.807) is 31.4 Å². The van der Waals surface area contributed by atoms with Crippen LogP contribution in [0.1, 0.15) is 16.7 Å². The van der Waals surface area contributed by atoms with Gasteiger partial charge in [0.15, 0.2) is 0 Å². The molecule has 27 heavy (non-hydrogen) atoms. The number of nitrogens with zero attached hydrogens (tertiary/aromatic N) is 2. The number of aliphatic imine (C=N–C) groups is 2. The van der Waals surface area contributed by atoms with Crippen molar-refractivity contribution in [3.8, 4) is 5.75 Å². The summed E-state index contributed by atoms with van der Waals surface area (Å²) >= 11 is 0. The fourth-order valence-corrected chi connectivity index (χ4v) is 3.11. The Morgan fingerprint density at radius 1 is 0.741 bits per heavy atom. The van der Waals surface area contributed by atoms with Gasteiger partial charge in [-0.15, -0.1) is 0 Å². The maximum atomic E-state index is 12.1. The van der Waals surface area contributed by atoms with Crippen molar-refractivity contribution >= 4 is 17.7 Å². The van der Waals surface area contributed by atoms with E-state index in [1.165, 1.54) is 0 Å². The molecule has 0 N–H and O–H groups in total. The molecule has 4 heteroatoms. The summed E-state index contributed by atoms with van der Waals surface area (Å²) in [4.78, 5) is 21.5. The monoisotopic (exact) mass is 353 g/mol. The number of rotatable bonds is 5. The van der Waals surface area contributed by atoms with Gasteiger partial charge >= 0.3 is 0 Å². The van der Waals surface area contributed by atoms with Crippen LogP contribution in [0.5, 0.6) is 5.75 Å². The van der Waals surface area contributed by atoms with Gasteiger partial charge in [-0.25, -0.2) is 9.98 Å². The van der Waals surface area contributed by atoms with E-state index >= 15 is 0 Å². The Kier molecular flexibility index (Phi) is 4.38. The average Bonchev–Trinajstić information content (AvgIpc) is 3.16. The summed E-state index contributed by atoms with van der Waals surface area (Å²) in [5.74, 6) is 0.706. The van der Waals surface area contributed by atoms with Crippen molar-refractivity contribution in [2.24, 2.45) is 9.98 Å².